The molecule has 108 valence electrons. The SMILES string of the molecule is CNCc1scc(C)c1S(=O)(=O)Nc1ccc(F)cc1. The van der Waals surface area contributed by atoms with Crippen molar-refractivity contribution in [1.82, 2.24) is 5.32 Å². The molecule has 2 aromatic rings. The smallest absolute Gasteiger partial charge is 0.263 e. The summed E-state index contributed by atoms with van der Waals surface area (Å²) >= 11 is 1.40. The summed E-state index contributed by atoms with van der Waals surface area (Å²) in [6.45, 7) is 2.24. The number of benzene rings is 1. The second kappa shape index (κ2) is 5.90. The quantitative estimate of drug-likeness (QED) is 0.892. The van der Waals surface area contributed by atoms with Gasteiger partial charge in [0.15, 0.2) is 0 Å². The average molecular weight is 314 g/mol. The molecule has 4 nitrogen and oxygen atoms in total. The van der Waals surface area contributed by atoms with E-state index in [0.29, 0.717) is 22.7 Å². The van der Waals surface area contributed by atoms with E-state index in [0.717, 1.165) is 4.88 Å². The third kappa shape index (κ3) is 3.17. The maximum absolute atomic E-state index is 12.8. The Kier molecular flexibility index (Phi) is 4.42. The van der Waals surface area contributed by atoms with E-state index in [4.69, 9.17) is 0 Å². The predicted molar refractivity (Wildman–Crippen MR) is 79.0 cm³/mol. The number of rotatable bonds is 5. The molecule has 0 saturated carbocycles. The van der Waals surface area contributed by atoms with Crippen molar-refractivity contribution in [1.29, 1.82) is 0 Å². The topological polar surface area (TPSA) is 58.2 Å². The van der Waals surface area contributed by atoms with Crippen LogP contribution in [0.1, 0.15) is 10.4 Å². The largest absolute Gasteiger partial charge is 0.315 e. The normalized spacial score (nSPS) is 11.6. The number of hydrogen-bond donors (Lipinski definition) is 2. The first kappa shape index (κ1) is 15.0. The summed E-state index contributed by atoms with van der Waals surface area (Å²) in [6, 6.07) is 5.22. The van der Waals surface area contributed by atoms with Crippen LogP contribution in [0.2, 0.25) is 0 Å². The van der Waals surface area contributed by atoms with Gasteiger partial charge in [-0.25, -0.2) is 12.8 Å². The Bertz CT molecular complexity index is 694. The van der Waals surface area contributed by atoms with Gasteiger partial charge in [-0.15, -0.1) is 11.3 Å². The first-order chi connectivity index (χ1) is 9.44. The molecule has 0 spiro atoms. The van der Waals surface area contributed by atoms with E-state index >= 15 is 0 Å². The van der Waals surface area contributed by atoms with E-state index < -0.39 is 15.8 Å². The van der Waals surface area contributed by atoms with Gasteiger partial charge in [0.2, 0.25) is 0 Å². The van der Waals surface area contributed by atoms with Crippen LogP contribution >= 0.6 is 11.3 Å². The van der Waals surface area contributed by atoms with Crippen LogP contribution in [0.3, 0.4) is 0 Å². The lowest BCUT2D eigenvalue weighted by Crippen LogP contribution is -2.16. The van der Waals surface area contributed by atoms with Crippen molar-refractivity contribution >= 4 is 27.0 Å². The zero-order chi connectivity index (χ0) is 14.8. The minimum atomic E-state index is -3.67. The summed E-state index contributed by atoms with van der Waals surface area (Å²) in [5, 5.41) is 4.76. The molecule has 1 heterocycles. The van der Waals surface area contributed by atoms with Crippen molar-refractivity contribution in [3.05, 3.63) is 45.9 Å². The highest BCUT2D eigenvalue weighted by Gasteiger charge is 2.22. The van der Waals surface area contributed by atoms with Gasteiger partial charge in [0.05, 0.1) is 0 Å². The lowest BCUT2D eigenvalue weighted by atomic mass is 10.3. The van der Waals surface area contributed by atoms with Gasteiger partial charge in [-0.05, 0) is 49.2 Å². The zero-order valence-electron chi connectivity index (χ0n) is 11.1. The number of thiophene rings is 1. The van der Waals surface area contributed by atoms with Gasteiger partial charge in [0.25, 0.3) is 10.0 Å². The average Bonchev–Trinajstić information content (AvgIpc) is 2.74. The Hall–Kier alpha value is -1.44. The van der Waals surface area contributed by atoms with Crippen LogP contribution in [-0.4, -0.2) is 15.5 Å². The first-order valence-electron chi connectivity index (χ1n) is 5.94. The summed E-state index contributed by atoms with van der Waals surface area (Å²) in [6.07, 6.45) is 0. The molecule has 0 fully saturated rings. The van der Waals surface area contributed by atoms with E-state index in [-0.39, 0.29) is 0 Å². The molecule has 2 N–H and O–H groups in total. The van der Waals surface area contributed by atoms with E-state index in [1.807, 2.05) is 5.38 Å². The third-order valence-electron chi connectivity index (χ3n) is 2.69. The van der Waals surface area contributed by atoms with Gasteiger partial charge in [-0.2, -0.15) is 0 Å². The number of nitrogens with one attached hydrogen (secondary N) is 2. The fourth-order valence-electron chi connectivity index (χ4n) is 1.85. The van der Waals surface area contributed by atoms with Crippen molar-refractivity contribution in [2.45, 2.75) is 18.4 Å². The highest BCUT2D eigenvalue weighted by molar-refractivity contribution is 7.93. The number of halogens is 1. The fraction of sp³-hybridized carbons (Fsp3) is 0.231. The molecule has 0 unspecified atom stereocenters. The molecular formula is C13H15FN2O2S2. The van der Waals surface area contributed by atoms with E-state index in [2.05, 4.69) is 10.0 Å². The Morgan fingerprint density at radius 1 is 1.25 bits per heavy atom. The lowest BCUT2D eigenvalue weighted by molar-refractivity contribution is 0.599. The van der Waals surface area contributed by atoms with Gasteiger partial charge in [-0.1, -0.05) is 0 Å². The molecule has 1 aromatic heterocycles. The standard InChI is InChI=1S/C13H15FN2O2S2/c1-9-8-19-12(7-15-2)13(9)20(17,18)16-11-5-3-10(14)4-6-11/h3-6,8,15-16H,7H2,1-2H3. The van der Waals surface area contributed by atoms with Gasteiger partial charge >= 0.3 is 0 Å². The van der Waals surface area contributed by atoms with Crippen molar-refractivity contribution in [2.24, 2.45) is 0 Å². The lowest BCUT2D eigenvalue weighted by Gasteiger charge is -2.10. The van der Waals surface area contributed by atoms with Gasteiger partial charge in [0.1, 0.15) is 10.7 Å². The van der Waals surface area contributed by atoms with E-state index in [1.165, 1.54) is 35.6 Å². The molecule has 0 aliphatic carbocycles. The van der Waals surface area contributed by atoms with Crippen LogP contribution in [0.25, 0.3) is 0 Å². The summed E-state index contributed by atoms with van der Waals surface area (Å²) in [7, 11) is -1.91. The Morgan fingerprint density at radius 2 is 1.90 bits per heavy atom. The molecule has 0 amide bonds. The van der Waals surface area contributed by atoms with Gasteiger partial charge in [-0.3, -0.25) is 4.72 Å². The molecule has 0 saturated heterocycles. The third-order valence-corrected chi connectivity index (χ3v) is 5.54. The van der Waals surface area contributed by atoms with Crippen LogP contribution in [0.15, 0.2) is 34.5 Å². The monoisotopic (exact) mass is 314 g/mol. The molecule has 0 atom stereocenters. The molecule has 20 heavy (non-hydrogen) atoms. The molecule has 0 aliphatic heterocycles. The van der Waals surface area contributed by atoms with Crippen LogP contribution in [0.5, 0.6) is 0 Å². The molecule has 1 aromatic carbocycles. The molecular weight excluding hydrogens is 299 g/mol. The van der Waals surface area contributed by atoms with Crippen molar-refractivity contribution in [2.75, 3.05) is 11.8 Å². The summed E-state index contributed by atoms with van der Waals surface area (Å²) < 4.78 is 40.2. The molecule has 0 radical (unpaired) electrons. The minimum absolute atomic E-state index is 0.293. The maximum atomic E-state index is 12.8. The number of anilines is 1. The van der Waals surface area contributed by atoms with Crippen molar-refractivity contribution in [3.8, 4) is 0 Å². The minimum Gasteiger partial charge on any atom is -0.315 e. The van der Waals surface area contributed by atoms with Gasteiger partial charge < -0.3 is 5.32 Å². The Morgan fingerprint density at radius 3 is 2.50 bits per heavy atom. The number of aryl methyl sites for hydroxylation is 1. The fourth-order valence-corrected chi connectivity index (χ4v) is 4.74. The van der Waals surface area contributed by atoms with E-state index in [1.54, 1.807) is 14.0 Å². The van der Waals surface area contributed by atoms with Gasteiger partial charge in [0, 0.05) is 17.1 Å². The van der Waals surface area contributed by atoms with Crippen molar-refractivity contribution in [3.63, 3.8) is 0 Å². The van der Waals surface area contributed by atoms with E-state index in [9.17, 15) is 12.8 Å². The molecule has 0 bridgehead atoms. The maximum Gasteiger partial charge on any atom is 0.263 e. The zero-order valence-corrected chi connectivity index (χ0v) is 12.7. The second-order valence-electron chi connectivity index (χ2n) is 4.31. The summed E-state index contributed by atoms with van der Waals surface area (Å²) in [5.41, 5.74) is 1.04. The summed E-state index contributed by atoms with van der Waals surface area (Å²) in [5.74, 6) is -0.407. The molecule has 0 aliphatic rings. The molecule has 2 rings (SSSR count). The number of hydrogen-bond acceptors (Lipinski definition) is 4. The summed E-state index contributed by atoms with van der Waals surface area (Å²) in [4.78, 5) is 1.04. The Balaban J connectivity index is 2.35. The van der Waals surface area contributed by atoms with Crippen LogP contribution < -0.4 is 10.0 Å². The van der Waals surface area contributed by atoms with Crippen LogP contribution in [0, 0.1) is 12.7 Å². The Labute approximate surface area is 121 Å². The predicted octanol–water partition coefficient (Wildman–Crippen LogP) is 2.72. The number of sulfonamides is 1. The highest BCUT2D eigenvalue weighted by Crippen LogP contribution is 2.28. The van der Waals surface area contributed by atoms with Crippen LogP contribution in [-0.2, 0) is 16.6 Å². The first-order valence-corrected chi connectivity index (χ1v) is 8.30. The molecule has 7 heteroatoms. The second-order valence-corrected chi connectivity index (χ2v) is 6.90. The van der Waals surface area contributed by atoms with Crippen LogP contribution in [0.4, 0.5) is 10.1 Å². The highest BCUT2D eigenvalue weighted by atomic mass is 32.2. The van der Waals surface area contributed by atoms with Crippen molar-refractivity contribution < 1.29 is 12.8 Å².